The van der Waals surface area contributed by atoms with Gasteiger partial charge in [-0.05, 0) is 24.3 Å². The summed E-state index contributed by atoms with van der Waals surface area (Å²) in [5.41, 5.74) is -2.39. The summed E-state index contributed by atoms with van der Waals surface area (Å²) >= 11 is 0. The molecule has 0 aliphatic heterocycles. The van der Waals surface area contributed by atoms with Crippen LogP contribution in [0.5, 0.6) is 23.1 Å². The summed E-state index contributed by atoms with van der Waals surface area (Å²) in [5.74, 6) is -6.07. The van der Waals surface area contributed by atoms with Gasteiger partial charge < -0.3 is 29.0 Å². The van der Waals surface area contributed by atoms with Crippen LogP contribution in [-0.2, 0) is 20.4 Å². The van der Waals surface area contributed by atoms with Crippen molar-refractivity contribution in [1.82, 2.24) is 9.97 Å². The van der Waals surface area contributed by atoms with Crippen molar-refractivity contribution in [2.45, 2.75) is 6.18 Å². The van der Waals surface area contributed by atoms with E-state index in [1.54, 1.807) is 6.07 Å². The maximum absolute atomic E-state index is 15.0. The highest BCUT2D eigenvalue weighted by Crippen LogP contribution is 2.37. The van der Waals surface area contributed by atoms with Gasteiger partial charge in [0.1, 0.15) is 36.9 Å². The number of Topliss-reactive ketones (excluding diaryl/α,β-unsaturated/α-hetero) is 1. The fraction of sp³-hybridized carbons (Fsp3) is 0.241. The van der Waals surface area contributed by atoms with Gasteiger partial charge in [-0.2, -0.15) is 13.2 Å². The second-order valence-corrected chi connectivity index (χ2v) is 8.90. The molecule has 1 N–H and O–H groups in total. The number of amides is 1. The van der Waals surface area contributed by atoms with E-state index >= 15 is 0 Å². The Morgan fingerprint density at radius 1 is 0.841 bits per heavy atom. The van der Waals surface area contributed by atoms with Gasteiger partial charge in [-0.1, -0.05) is 6.07 Å². The molecule has 0 fully saturated rings. The first kappa shape index (κ1) is 32.0. The van der Waals surface area contributed by atoms with E-state index in [0.717, 1.165) is 24.5 Å². The molecule has 44 heavy (non-hydrogen) atoms. The number of rotatable bonds is 13. The number of carbonyl (C=O) groups is 2. The lowest BCUT2D eigenvalue weighted by atomic mass is 10.1. The molecule has 0 radical (unpaired) electrons. The number of ketones is 1. The Morgan fingerprint density at radius 3 is 2.09 bits per heavy atom. The fourth-order valence-corrected chi connectivity index (χ4v) is 3.83. The lowest BCUT2D eigenvalue weighted by Gasteiger charge is -2.15. The quantitative estimate of drug-likeness (QED) is 0.0882. The van der Waals surface area contributed by atoms with Gasteiger partial charge >= 0.3 is 6.18 Å². The summed E-state index contributed by atoms with van der Waals surface area (Å²) < 4.78 is 95.9. The first-order valence-electron chi connectivity index (χ1n) is 12.7. The molecule has 0 aliphatic carbocycles. The Bertz CT molecular complexity index is 1640. The predicted molar refractivity (Wildman–Crippen MR) is 145 cm³/mol. The average molecular weight is 622 g/mol. The number of alkyl halides is 3. The molecule has 15 heteroatoms. The van der Waals surface area contributed by atoms with Gasteiger partial charge in [0.15, 0.2) is 11.5 Å². The maximum atomic E-state index is 15.0. The summed E-state index contributed by atoms with van der Waals surface area (Å²) in [5, 5.41) is 2.20. The SMILES string of the molecule is COCCOc1cc2ncnc(Oc3cc(F)c(C(=O)C(=O)Nc4cccc(C(F)(F)F)c4)c(F)c3)c2cc1OCCOC. The molecule has 0 saturated carbocycles. The zero-order chi connectivity index (χ0) is 31.9. The second kappa shape index (κ2) is 14.1. The third-order valence-corrected chi connectivity index (χ3v) is 5.87. The van der Waals surface area contributed by atoms with E-state index in [4.69, 9.17) is 23.7 Å². The van der Waals surface area contributed by atoms with Gasteiger partial charge in [0.2, 0.25) is 5.88 Å². The number of fused-ring (bicyclic) bond motifs is 1. The summed E-state index contributed by atoms with van der Waals surface area (Å²) in [4.78, 5) is 33.2. The highest BCUT2D eigenvalue weighted by molar-refractivity contribution is 6.46. The monoisotopic (exact) mass is 621 g/mol. The first-order valence-corrected chi connectivity index (χ1v) is 12.7. The van der Waals surface area contributed by atoms with E-state index in [2.05, 4.69) is 9.97 Å². The van der Waals surface area contributed by atoms with Crippen molar-refractivity contribution in [3.05, 3.63) is 77.6 Å². The van der Waals surface area contributed by atoms with Crippen LogP contribution in [0.1, 0.15) is 15.9 Å². The molecule has 10 nitrogen and oxygen atoms in total. The van der Waals surface area contributed by atoms with Crippen LogP contribution in [0, 0.1) is 11.6 Å². The molecule has 4 aromatic rings. The Hall–Kier alpha value is -4.89. The van der Waals surface area contributed by atoms with E-state index in [0.29, 0.717) is 36.1 Å². The number of methoxy groups -OCH3 is 2. The number of ether oxygens (including phenoxy) is 5. The molecule has 0 spiro atoms. The van der Waals surface area contributed by atoms with Gasteiger partial charge in [-0.3, -0.25) is 9.59 Å². The zero-order valence-electron chi connectivity index (χ0n) is 23.2. The average Bonchev–Trinajstić information content (AvgIpc) is 2.97. The first-order chi connectivity index (χ1) is 21.0. The lowest BCUT2D eigenvalue weighted by molar-refractivity contribution is -0.137. The van der Waals surface area contributed by atoms with E-state index < -0.39 is 52.1 Å². The molecule has 4 rings (SSSR count). The van der Waals surface area contributed by atoms with Crippen molar-refractivity contribution < 1.29 is 55.2 Å². The maximum Gasteiger partial charge on any atom is 0.416 e. The molecule has 0 bridgehead atoms. The molecule has 1 aromatic heterocycles. The largest absolute Gasteiger partial charge is 0.487 e. The number of nitrogens with zero attached hydrogens (tertiary/aromatic N) is 2. The van der Waals surface area contributed by atoms with E-state index in [1.807, 2.05) is 5.32 Å². The summed E-state index contributed by atoms with van der Waals surface area (Å²) in [6, 6.07) is 7.76. The van der Waals surface area contributed by atoms with Gasteiger partial charge in [-0.25, -0.2) is 18.7 Å². The predicted octanol–water partition coefficient (Wildman–Crippen LogP) is 5.59. The van der Waals surface area contributed by atoms with Crippen LogP contribution in [0.15, 0.2) is 54.9 Å². The van der Waals surface area contributed by atoms with Crippen LogP contribution >= 0.6 is 0 Å². The second-order valence-electron chi connectivity index (χ2n) is 8.90. The number of carbonyl (C=O) groups excluding carboxylic acids is 2. The Labute approximate surface area is 246 Å². The van der Waals surface area contributed by atoms with Crippen molar-refractivity contribution in [1.29, 1.82) is 0 Å². The Balaban J connectivity index is 1.58. The molecule has 1 heterocycles. The van der Waals surface area contributed by atoms with Gasteiger partial charge in [0.05, 0.1) is 35.2 Å². The molecule has 0 saturated heterocycles. The highest BCUT2D eigenvalue weighted by atomic mass is 19.4. The van der Waals surface area contributed by atoms with E-state index in [9.17, 15) is 31.5 Å². The van der Waals surface area contributed by atoms with Crippen molar-refractivity contribution in [3.63, 3.8) is 0 Å². The number of hydrogen-bond donors (Lipinski definition) is 1. The number of benzene rings is 3. The smallest absolute Gasteiger partial charge is 0.416 e. The summed E-state index contributed by atoms with van der Waals surface area (Å²) in [7, 11) is 3.01. The van der Waals surface area contributed by atoms with E-state index in [-0.39, 0.29) is 36.8 Å². The lowest BCUT2D eigenvalue weighted by Crippen LogP contribution is -2.25. The number of nitrogens with one attached hydrogen (secondary N) is 1. The number of anilines is 1. The van der Waals surface area contributed by atoms with Crippen LogP contribution in [0.3, 0.4) is 0 Å². The minimum absolute atomic E-state index is 0.129. The van der Waals surface area contributed by atoms with Crippen LogP contribution in [0.4, 0.5) is 27.6 Å². The number of halogens is 5. The van der Waals surface area contributed by atoms with Crippen LogP contribution in [0.25, 0.3) is 10.9 Å². The van der Waals surface area contributed by atoms with E-state index in [1.165, 1.54) is 20.3 Å². The van der Waals surface area contributed by atoms with Crippen molar-refractivity contribution >= 4 is 28.3 Å². The summed E-state index contributed by atoms with van der Waals surface area (Å²) in [6.07, 6.45) is -3.57. The minimum atomic E-state index is -4.72. The molecule has 0 unspecified atom stereocenters. The Morgan fingerprint density at radius 2 is 1.48 bits per heavy atom. The molecular formula is C29H24F5N3O7. The number of hydrogen-bond acceptors (Lipinski definition) is 9. The van der Waals surface area contributed by atoms with Crippen LogP contribution < -0.4 is 19.5 Å². The summed E-state index contributed by atoms with van der Waals surface area (Å²) in [6.45, 7) is 0.945. The van der Waals surface area contributed by atoms with Crippen LogP contribution in [-0.4, -0.2) is 62.3 Å². The minimum Gasteiger partial charge on any atom is -0.487 e. The zero-order valence-corrected chi connectivity index (χ0v) is 23.2. The molecule has 3 aromatic carbocycles. The third-order valence-electron chi connectivity index (χ3n) is 5.87. The standard InChI is InChI=1S/C29H24F5N3O7/c1-40-6-8-42-23-13-19-22(14-24(23)43-9-7-41-2)35-15-36-28(19)44-18-11-20(30)25(21(31)12-18)26(38)27(39)37-17-5-3-4-16(10-17)29(32,33)34/h3-5,10-15H,6-9H2,1-2H3,(H,37,39). The Kier molecular flexibility index (Phi) is 10.2. The number of aromatic nitrogens is 2. The molecule has 0 atom stereocenters. The fourth-order valence-electron chi connectivity index (χ4n) is 3.83. The molecule has 1 amide bonds. The highest BCUT2D eigenvalue weighted by Gasteiger charge is 2.31. The molecular weight excluding hydrogens is 597 g/mol. The molecule has 232 valence electrons. The van der Waals surface area contributed by atoms with Gasteiger partial charge in [0.25, 0.3) is 11.7 Å². The van der Waals surface area contributed by atoms with Crippen molar-refractivity contribution in [2.75, 3.05) is 46.0 Å². The normalized spacial score (nSPS) is 11.3. The van der Waals surface area contributed by atoms with Crippen molar-refractivity contribution in [3.8, 4) is 23.1 Å². The van der Waals surface area contributed by atoms with Crippen molar-refractivity contribution in [2.24, 2.45) is 0 Å². The topological polar surface area (TPSA) is 118 Å². The van der Waals surface area contributed by atoms with Gasteiger partial charge in [-0.15, -0.1) is 0 Å². The molecule has 0 aliphatic rings. The third kappa shape index (κ3) is 7.73. The van der Waals surface area contributed by atoms with Crippen LogP contribution in [0.2, 0.25) is 0 Å². The van der Waals surface area contributed by atoms with Gasteiger partial charge in [0, 0.05) is 38.1 Å².